The van der Waals surface area contributed by atoms with Crippen molar-refractivity contribution >= 4 is 0 Å². The molecule has 20 heavy (non-hydrogen) atoms. The number of hydrogen-bond acceptors (Lipinski definition) is 2. The molecule has 2 saturated heterocycles. The van der Waals surface area contributed by atoms with E-state index >= 15 is 0 Å². The van der Waals surface area contributed by atoms with E-state index in [0.717, 1.165) is 38.4 Å². The Kier molecular flexibility index (Phi) is 3.98. The van der Waals surface area contributed by atoms with Gasteiger partial charge in [-0.15, -0.1) is 0 Å². The maximum Gasteiger partial charge on any atom is 0.161 e. The summed E-state index contributed by atoms with van der Waals surface area (Å²) < 4.78 is 40.0. The van der Waals surface area contributed by atoms with Crippen molar-refractivity contribution in [1.29, 1.82) is 0 Å². The first-order valence-electron chi connectivity index (χ1n) is 7.26. The number of benzene rings is 1. The van der Waals surface area contributed by atoms with Crippen LogP contribution in [0.3, 0.4) is 0 Å². The molecule has 0 saturated carbocycles. The average Bonchev–Trinajstić information content (AvgIpc) is 3.06. The molecule has 0 amide bonds. The van der Waals surface area contributed by atoms with Gasteiger partial charge in [-0.3, -0.25) is 4.90 Å². The van der Waals surface area contributed by atoms with E-state index < -0.39 is 17.5 Å². The van der Waals surface area contributed by atoms with Crippen LogP contribution >= 0.6 is 0 Å². The summed E-state index contributed by atoms with van der Waals surface area (Å²) in [5, 5.41) is 3.48. The van der Waals surface area contributed by atoms with E-state index in [-0.39, 0.29) is 5.56 Å². The highest BCUT2D eigenvalue weighted by molar-refractivity contribution is 5.20. The number of nitrogens with one attached hydrogen (secondary N) is 1. The monoisotopic (exact) mass is 284 g/mol. The second kappa shape index (κ2) is 5.74. The van der Waals surface area contributed by atoms with Crippen LogP contribution < -0.4 is 5.32 Å². The summed E-state index contributed by atoms with van der Waals surface area (Å²) in [5.74, 6) is -2.76. The number of nitrogens with zero attached hydrogens (tertiary/aromatic N) is 1. The fraction of sp³-hybridized carbons (Fsp3) is 0.600. The predicted molar refractivity (Wildman–Crippen MR) is 70.8 cm³/mol. The van der Waals surface area contributed by atoms with Gasteiger partial charge in [0.25, 0.3) is 0 Å². The van der Waals surface area contributed by atoms with Crippen LogP contribution in [0.15, 0.2) is 12.1 Å². The number of hydrogen-bond donors (Lipinski definition) is 1. The summed E-state index contributed by atoms with van der Waals surface area (Å²) in [5.41, 5.74) is 0.244. The molecule has 0 spiro atoms. The van der Waals surface area contributed by atoms with Gasteiger partial charge in [0.15, 0.2) is 11.6 Å². The molecule has 2 atom stereocenters. The van der Waals surface area contributed by atoms with Crippen molar-refractivity contribution < 1.29 is 13.2 Å². The molecule has 0 bridgehead atoms. The van der Waals surface area contributed by atoms with Crippen molar-refractivity contribution in [1.82, 2.24) is 10.2 Å². The van der Waals surface area contributed by atoms with Gasteiger partial charge >= 0.3 is 0 Å². The summed E-state index contributed by atoms with van der Waals surface area (Å²) >= 11 is 0. The molecule has 2 heterocycles. The second-order valence-electron chi connectivity index (χ2n) is 5.74. The van der Waals surface area contributed by atoms with E-state index in [2.05, 4.69) is 10.2 Å². The molecule has 1 N–H and O–H groups in total. The lowest BCUT2D eigenvalue weighted by molar-refractivity contribution is 0.204. The zero-order valence-electron chi connectivity index (χ0n) is 11.3. The van der Waals surface area contributed by atoms with Gasteiger partial charge in [0.2, 0.25) is 0 Å². The quantitative estimate of drug-likeness (QED) is 0.859. The first-order valence-corrected chi connectivity index (χ1v) is 7.26. The molecular formula is C15H19F3N2. The Morgan fingerprint density at radius 3 is 2.60 bits per heavy atom. The number of halogens is 3. The van der Waals surface area contributed by atoms with Gasteiger partial charge in [0, 0.05) is 30.3 Å². The molecule has 2 nitrogen and oxygen atoms in total. The minimum absolute atomic E-state index is 0.244. The highest BCUT2D eigenvalue weighted by atomic mass is 19.2. The van der Waals surface area contributed by atoms with Crippen LogP contribution in [0.25, 0.3) is 0 Å². The maximum absolute atomic E-state index is 13.7. The number of likely N-dealkylation sites (tertiary alicyclic amines) is 1. The molecule has 2 fully saturated rings. The Labute approximate surface area is 117 Å². The van der Waals surface area contributed by atoms with Crippen molar-refractivity contribution in [2.75, 3.05) is 13.1 Å². The van der Waals surface area contributed by atoms with Crippen LogP contribution in [-0.4, -0.2) is 30.1 Å². The normalized spacial score (nSPS) is 27.4. The third kappa shape index (κ3) is 2.69. The zero-order chi connectivity index (χ0) is 14.1. The molecule has 0 aromatic heterocycles. The van der Waals surface area contributed by atoms with Crippen LogP contribution in [0.1, 0.15) is 31.2 Å². The van der Waals surface area contributed by atoms with Crippen LogP contribution in [0.5, 0.6) is 0 Å². The SMILES string of the molecule is Fc1cc(F)c(CN2CCCC2C2CCCN2)cc1F. The molecule has 5 heteroatoms. The Balaban J connectivity index is 1.74. The fourth-order valence-electron chi connectivity index (χ4n) is 3.45. The topological polar surface area (TPSA) is 15.3 Å². The third-order valence-corrected chi connectivity index (χ3v) is 4.44. The van der Waals surface area contributed by atoms with E-state index in [1.54, 1.807) is 0 Å². The smallest absolute Gasteiger partial charge is 0.161 e. The summed E-state index contributed by atoms with van der Waals surface area (Å²) in [6.45, 7) is 2.28. The van der Waals surface area contributed by atoms with Crippen LogP contribution in [-0.2, 0) is 6.54 Å². The largest absolute Gasteiger partial charge is 0.312 e. The Morgan fingerprint density at radius 1 is 1.05 bits per heavy atom. The lowest BCUT2D eigenvalue weighted by atomic mass is 10.0. The van der Waals surface area contributed by atoms with Gasteiger partial charge in [-0.2, -0.15) is 0 Å². The van der Waals surface area contributed by atoms with Crippen molar-refractivity contribution in [3.05, 3.63) is 35.1 Å². The first kappa shape index (κ1) is 13.9. The molecule has 2 aliphatic rings. The maximum atomic E-state index is 13.7. The minimum atomic E-state index is -1.12. The average molecular weight is 284 g/mol. The first-order chi connectivity index (χ1) is 9.65. The molecular weight excluding hydrogens is 265 g/mol. The molecule has 0 aliphatic carbocycles. The van der Waals surface area contributed by atoms with Crippen molar-refractivity contribution in [3.63, 3.8) is 0 Å². The Morgan fingerprint density at radius 2 is 1.85 bits per heavy atom. The van der Waals surface area contributed by atoms with Crippen LogP contribution in [0.4, 0.5) is 13.2 Å². The summed E-state index contributed by atoms with van der Waals surface area (Å²) in [6.07, 6.45) is 4.48. The lowest BCUT2D eigenvalue weighted by Gasteiger charge is -2.29. The van der Waals surface area contributed by atoms with Gasteiger partial charge < -0.3 is 5.32 Å². The summed E-state index contributed by atoms with van der Waals surface area (Å²) in [4.78, 5) is 2.19. The van der Waals surface area contributed by atoms with Crippen LogP contribution in [0.2, 0.25) is 0 Å². The Bertz CT molecular complexity index is 486. The number of rotatable bonds is 3. The lowest BCUT2D eigenvalue weighted by Crippen LogP contribution is -2.43. The molecule has 2 unspecified atom stereocenters. The summed E-state index contributed by atoms with van der Waals surface area (Å²) in [7, 11) is 0. The van der Waals surface area contributed by atoms with E-state index in [4.69, 9.17) is 0 Å². The standard InChI is InChI=1S/C15H19F3N2/c16-11-8-13(18)12(17)7-10(11)9-20-6-2-4-15(20)14-3-1-5-19-14/h7-8,14-15,19H,1-6,9H2. The van der Waals surface area contributed by atoms with E-state index in [0.29, 0.717) is 24.7 Å². The van der Waals surface area contributed by atoms with E-state index in [9.17, 15) is 13.2 Å². The molecule has 1 aromatic rings. The van der Waals surface area contributed by atoms with Gasteiger partial charge in [0.1, 0.15) is 5.82 Å². The van der Waals surface area contributed by atoms with Crippen molar-refractivity contribution in [3.8, 4) is 0 Å². The van der Waals surface area contributed by atoms with Crippen LogP contribution in [0, 0.1) is 17.5 Å². The Hall–Kier alpha value is -1.07. The molecule has 3 rings (SSSR count). The van der Waals surface area contributed by atoms with E-state index in [1.807, 2.05) is 0 Å². The molecule has 1 aromatic carbocycles. The third-order valence-electron chi connectivity index (χ3n) is 4.44. The van der Waals surface area contributed by atoms with Gasteiger partial charge in [0.05, 0.1) is 0 Å². The minimum Gasteiger partial charge on any atom is -0.312 e. The predicted octanol–water partition coefficient (Wildman–Crippen LogP) is 2.82. The van der Waals surface area contributed by atoms with Gasteiger partial charge in [-0.1, -0.05) is 0 Å². The zero-order valence-corrected chi connectivity index (χ0v) is 11.3. The summed E-state index contributed by atoms with van der Waals surface area (Å²) in [6, 6.07) is 2.46. The molecule has 2 aliphatic heterocycles. The van der Waals surface area contributed by atoms with Crippen molar-refractivity contribution in [2.45, 2.75) is 44.3 Å². The van der Waals surface area contributed by atoms with Gasteiger partial charge in [-0.05, 0) is 44.8 Å². The second-order valence-corrected chi connectivity index (χ2v) is 5.74. The molecule has 0 radical (unpaired) electrons. The fourth-order valence-corrected chi connectivity index (χ4v) is 3.45. The highest BCUT2D eigenvalue weighted by Gasteiger charge is 2.33. The van der Waals surface area contributed by atoms with E-state index in [1.165, 1.54) is 6.42 Å². The molecule has 110 valence electrons. The van der Waals surface area contributed by atoms with Crippen molar-refractivity contribution in [2.24, 2.45) is 0 Å². The highest BCUT2D eigenvalue weighted by Crippen LogP contribution is 2.27. The van der Waals surface area contributed by atoms with Gasteiger partial charge in [-0.25, -0.2) is 13.2 Å².